The second-order valence-electron chi connectivity index (χ2n) is 9.23. The molecule has 6 nitrogen and oxygen atoms in total. The zero-order valence-corrected chi connectivity index (χ0v) is 20.5. The summed E-state index contributed by atoms with van der Waals surface area (Å²) >= 11 is 6.45. The van der Waals surface area contributed by atoms with Crippen molar-refractivity contribution in [3.63, 3.8) is 0 Å². The van der Waals surface area contributed by atoms with E-state index in [1.165, 1.54) is 0 Å². The Morgan fingerprint density at radius 2 is 2.00 bits per heavy atom. The third kappa shape index (κ3) is 5.50. The average Bonchev–Trinajstić information content (AvgIpc) is 3.37. The molecule has 34 heavy (non-hydrogen) atoms. The zero-order chi connectivity index (χ0) is 24.2. The lowest BCUT2D eigenvalue weighted by molar-refractivity contribution is -0.145. The number of piperazine rings is 1. The summed E-state index contributed by atoms with van der Waals surface area (Å²) in [6.45, 7) is 14.9. The van der Waals surface area contributed by atoms with Crippen molar-refractivity contribution >= 4 is 29.0 Å². The zero-order valence-electron chi connectivity index (χ0n) is 19.7. The van der Waals surface area contributed by atoms with Crippen LogP contribution < -0.4 is 0 Å². The van der Waals surface area contributed by atoms with Gasteiger partial charge < -0.3 is 9.64 Å². The summed E-state index contributed by atoms with van der Waals surface area (Å²) in [5.74, 6) is 0.0865. The molecule has 0 aliphatic carbocycles. The van der Waals surface area contributed by atoms with E-state index in [2.05, 4.69) is 16.7 Å². The fourth-order valence-electron chi connectivity index (χ4n) is 4.87. The van der Waals surface area contributed by atoms with Gasteiger partial charge in [0.25, 0.3) is 5.91 Å². The van der Waals surface area contributed by atoms with Crippen LogP contribution in [0, 0.1) is 13.5 Å². The third-order valence-electron chi connectivity index (χ3n) is 6.83. The quantitative estimate of drug-likeness (QED) is 0.439. The molecular formula is C27H30ClN3O3. The molecule has 0 saturated carbocycles. The summed E-state index contributed by atoms with van der Waals surface area (Å²) in [5, 5.41) is 0.610. The van der Waals surface area contributed by atoms with Crippen molar-refractivity contribution in [2.45, 2.75) is 51.8 Å². The van der Waals surface area contributed by atoms with Gasteiger partial charge in [-0.25, -0.2) is 4.85 Å². The number of nitrogens with zero attached hydrogens (tertiary/aromatic N) is 3. The highest BCUT2D eigenvalue weighted by molar-refractivity contribution is 6.30. The van der Waals surface area contributed by atoms with E-state index < -0.39 is 0 Å². The molecule has 2 heterocycles. The molecule has 1 unspecified atom stereocenters. The van der Waals surface area contributed by atoms with Gasteiger partial charge in [-0.3, -0.25) is 14.5 Å². The molecular weight excluding hydrogens is 450 g/mol. The molecule has 0 N–H and O–H groups in total. The molecule has 0 aromatic heterocycles. The number of benzene rings is 2. The molecule has 4 rings (SSSR count). The van der Waals surface area contributed by atoms with Crippen LogP contribution in [0.1, 0.15) is 46.8 Å². The number of ketones is 1. The lowest BCUT2D eigenvalue weighted by Gasteiger charge is -2.41. The first kappa shape index (κ1) is 24.4. The number of Topliss-reactive ketones (excluding diaryl/α,β-unsaturated/α-hetero) is 1. The van der Waals surface area contributed by atoms with Gasteiger partial charge in [0.2, 0.25) is 0 Å². The van der Waals surface area contributed by atoms with E-state index in [9.17, 15) is 9.59 Å². The molecule has 2 aromatic rings. The molecule has 2 fully saturated rings. The monoisotopic (exact) mass is 479 g/mol. The van der Waals surface area contributed by atoms with Gasteiger partial charge in [-0.1, -0.05) is 29.8 Å². The highest BCUT2D eigenvalue weighted by Gasteiger charge is 2.34. The van der Waals surface area contributed by atoms with Gasteiger partial charge in [0.15, 0.2) is 11.5 Å². The number of amides is 1. The van der Waals surface area contributed by atoms with Crippen molar-refractivity contribution in [3.8, 4) is 0 Å². The minimum atomic E-state index is -0.278. The van der Waals surface area contributed by atoms with Gasteiger partial charge >= 0.3 is 0 Å². The second kappa shape index (κ2) is 10.7. The third-order valence-corrected chi connectivity index (χ3v) is 7.05. The predicted molar refractivity (Wildman–Crippen MR) is 132 cm³/mol. The number of hydrogen-bond donors (Lipinski definition) is 0. The molecule has 0 spiro atoms. The van der Waals surface area contributed by atoms with E-state index in [-0.39, 0.29) is 30.3 Å². The summed E-state index contributed by atoms with van der Waals surface area (Å²) < 4.78 is 5.60. The highest BCUT2D eigenvalue weighted by Crippen LogP contribution is 2.26. The van der Waals surface area contributed by atoms with Gasteiger partial charge in [0, 0.05) is 55.8 Å². The standard InChI is InChI=1S/C27H30ClN3O3/c1-18-16-30(9-10-31(18)27(33)26-8-5-11-34-26)17-22-13-23(28)12-21(19(22)2)15-25(32)20-6-4-7-24(14-20)29-3/h4,6-7,12-14,18,26H,5,8-11,15-17H2,1-2H3/t18-,26?/m0/s1. The van der Waals surface area contributed by atoms with Crippen LogP contribution in [0.4, 0.5) is 5.69 Å². The Balaban J connectivity index is 1.43. The first-order valence-corrected chi connectivity index (χ1v) is 12.2. The average molecular weight is 480 g/mol. The Kier molecular flexibility index (Phi) is 7.67. The Hall–Kier alpha value is -2.72. The molecule has 2 atom stereocenters. The van der Waals surface area contributed by atoms with E-state index >= 15 is 0 Å². The largest absolute Gasteiger partial charge is 0.368 e. The molecule has 0 radical (unpaired) electrons. The Labute approximate surface area is 206 Å². The maximum atomic E-state index is 12.9. The topological polar surface area (TPSA) is 54.2 Å². The van der Waals surface area contributed by atoms with Gasteiger partial charge in [-0.2, -0.15) is 0 Å². The van der Waals surface area contributed by atoms with Crippen LogP contribution in [-0.2, 0) is 22.5 Å². The van der Waals surface area contributed by atoms with Crippen LogP contribution >= 0.6 is 11.6 Å². The van der Waals surface area contributed by atoms with E-state index in [1.54, 1.807) is 24.3 Å². The second-order valence-corrected chi connectivity index (χ2v) is 9.66. The number of halogens is 1. The van der Waals surface area contributed by atoms with Gasteiger partial charge in [-0.05, 0) is 61.6 Å². The van der Waals surface area contributed by atoms with E-state index in [4.69, 9.17) is 22.9 Å². The van der Waals surface area contributed by atoms with Crippen LogP contribution in [0.15, 0.2) is 36.4 Å². The first-order chi connectivity index (χ1) is 16.4. The van der Waals surface area contributed by atoms with Crippen LogP contribution in [0.25, 0.3) is 4.85 Å². The Morgan fingerprint density at radius 3 is 2.71 bits per heavy atom. The summed E-state index contributed by atoms with van der Waals surface area (Å²) in [4.78, 5) is 33.4. The minimum Gasteiger partial charge on any atom is -0.368 e. The van der Waals surface area contributed by atoms with E-state index in [1.807, 2.05) is 24.0 Å². The molecule has 178 valence electrons. The first-order valence-electron chi connectivity index (χ1n) is 11.8. The number of carbonyl (C=O) groups is 2. The Morgan fingerprint density at radius 1 is 1.21 bits per heavy atom. The van der Waals surface area contributed by atoms with Crippen LogP contribution in [-0.4, -0.2) is 59.9 Å². The fourth-order valence-corrected chi connectivity index (χ4v) is 5.13. The summed E-state index contributed by atoms with van der Waals surface area (Å²) in [7, 11) is 0. The van der Waals surface area contributed by atoms with Crippen molar-refractivity contribution in [2.75, 3.05) is 26.2 Å². The lowest BCUT2D eigenvalue weighted by Crippen LogP contribution is -2.55. The Bertz CT molecular complexity index is 1120. The van der Waals surface area contributed by atoms with Gasteiger partial charge in [0.05, 0.1) is 6.57 Å². The van der Waals surface area contributed by atoms with Crippen LogP contribution in [0.2, 0.25) is 5.02 Å². The van der Waals surface area contributed by atoms with Crippen LogP contribution in [0.3, 0.4) is 0 Å². The van der Waals surface area contributed by atoms with Gasteiger partial charge in [0.1, 0.15) is 6.10 Å². The molecule has 0 bridgehead atoms. The lowest BCUT2D eigenvalue weighted by atomic mass is 9.95. The van der Waals surface area contributed by atoms with E-state index in [0.717, 1.165) is 42.6 Å². The molecule has 7 heteroatoms. The van der Waals surface area contributed by atoms with Crippen LogP contribution in [0.5, 0.6) is 0 Å². The maximum absolute atomic E-state index is 12.9. The highest BCUT2D eigenvalue weighted by atomic mass is 35.5. The number of carbonyl (C=O) groups excluding carboxylic acids is 2. The summed E-state index contributed by atoms with van der Waals surface area (Å²) in [5.41, 5.74) is 4.05. The normalized spacial score (nSPS) is 20.8. The number of ether oxygens (including phenoxy) is 1. The van der Waals surface area contributed by atoms with Crippen molar-refractivity contribution < 1.29 is 14.3 Å². The van der Waals surface area contributed by atoms with Crippen molar-refractivity contribution in [1.29, 1.82) is 0 Å². The fraction of sp³-hybridized carbons (Fsp3) is 0.444. The number of hydrogen-bond acceptors (Lipinski definition) is 4. The van der Waals surface area contributed by atoms with Crippen molar-refractivity contribution in [2.24, 2.45) is 0 Å². The summed E-state index contributed by atoms with van der Waals surface area (Å²) in [6.07, 6.45) is 1.73. The van der Waals surface area contributed by atoms with Crippen molar-refractivity contribution in [1.82, 2.24) is 9.80 Å². The summed E-state index contributed by atoms with van der Waals surface area (Å²) in [6, 6.07) is 10.8. The SMILES string of the molecule is [C-]#[N+]c1cccc(C(=O)Cc2cc(Cl)cc(CN3CCN(C(=O)C4CCCO4)[C@@H](C)C3)c2C)c1. The molecule has 1 amide bonds. The molecule has 2 aliphatic heterocycles. The molecule has 2 aromatic carbocycles. The smallest absolute Gasteiger partial charge is 0.252 e. The molecule has 2 aliphatic rings. The van der Waals surface area contributed by atoms with Gasteiger partial charge in [-0.15, -0.1) is 0 Å². The maximum Gasteiger partial charge on any atom is 0.252 e. The molecule has 2 saturated heterocycles. The van der Waals surface area contributed by atoms with Crippen molar-refractivity contribution in [3.05, 3.63) is 75.1 Å². The minimum absolute atomic E-state index is 0.0308. The number of rotatable bonds is 6. The van der Waals surface area contributed by atoms with E-state index in [0.29, 0.717) is 36.0 Å². The predicted octanol–water partition coefficient (Wildman–Crippen LogP) is 4.84.